The Labute approximate surface area is 496 Å². The number of carbonyl (C=O) groups is 6. The van der Waals surface area contributed by atoms with Crippen LogP contribution < -0.4 is 20.3 Å². The van der Waals surface area contributed by atoms with Gasteiger partial charge in [-0.05, 0) is 82.4 Å². The number of aryl methyl sites for hydroxylation is 1. The maximum atomic E-state index is 14.4. The number of rotatable bonds is 27. The van der Waals surface area contributed by atoms with Crippen LogP contribution >= 0.6 is 11.6 Å². The highest BCUT2D eigenvalue weighted by Gasteiger charge is 2.64. The van der Waals surface area contributed by atoms with E-state index >= 15 is 0 Å². The Morgan fingerprint density at radius 1 is 1.04 bits per heavy atom. The zero-order valence-corrected chi connectivity index (χ0v) is 51.3. The van der Waals surface area contributed by atoms with Gasteiger partial charge in [0.15, 0.2) is 5.72 Å². The number of fused-ring (bicyclic) bond motifs is 6. The number of hydrogen-bond donors (Lipinski definition) is 4. The average Bonchev–Trinajstić information content (AvgIpc) is 1.69. The summed E-state index contributed by atoms with van der Waals surface area (Å²) in [6.45, 7) is 10.5. The van der Waals surface area contributed by atoms with Gasteiger partial charge >= 0.3 is 18.0 Å². The molecule has 3 amide bonds. The molecular formula is C59H83ClN6O17S. The van der Waals surface area contributed by atoms with Gasteiger partial charge in [0, 0.05) is 89.6 Å². The van der Waals surface area contributed by atoms with E-state index in [1.54, 1.807) is 38.1 Å². The second kappa shape index (κ2) is 29.9. The van der Waals surface area contributed by atoms with Crippen molar-refractivity contribution in [2.75, 3.05) is 85.5 Å². The Hall–Kier alpha value is -5.96. The number of carboxylic acids is 1. The molecule has 0 unspecified atom stereocenters. The summed E-state index contributed by atoms with van der Waals surface area (Å²) in [5.41, 5.74) is 0.699. The predicted octanol–water partition coefficient (Wildman–Crippen LogP) is 5.40. The lowest BCUT2D eigenvalue weighted by atomic mass is 9.83. The van der Waals surface area contributed by atoms with E-state index < -0.39 is 106 Å². The molecule has 4 bridgehead atoms. The van der Waals surface area contributed by atoms with Crippen molar-refractivity contribution in [1.29, 1.82) is 0 Å². The van der Waals surface area contributed by atoms with E-state index in [2.05, 4.69) is 33.1 Å². The van der Waals surface area contributed by atoms with Gasteiger partial charge in [0.25, 0.3) is 0 Å². The molecule has 2 saturated heterocycles. The number of nitrogens with one attached hydrogen (secondary N) is 2. The van der Waals surface area contributed by atoms with E-state index in [-0.39, 0.29) is 75.9 Å². The smallest absolute Gasteiger partial charge is 0.409 e. The number of alkyl carbamates (subject to hydrolysis) is 1. The molecule has 4 N–H and O–H groups in total. The number of aliphatic carboxylic acids is 1. The number of aromatic nitrogens is 1. The lowest BCUT2D eigenvalue weighted by molar-refractivity contribution is -0.157. The molecule has 4 heterocycles. The zero-order chi connectivity index (χ0) is 61.7. The van der Waals surface area contributed by atoms with Gasteiger partial charge in [0.1, 0.15) is 46.5 Å². The maximum absolute atomic E-state index is 14.4. The Bertz CT molecular complexity index is 3010. The quantitative estimate of drug-likeness (QED) is 0.0422. The number of sulfonamides is 1. The number of Topliss-reactive ketones (excluding diaryl/α,β-unsaturated/α-hetero) is 1. The normalized spacial score (nSPS) is 24.8. The summed E-state index contributed by atoms with van der Waals surface area (Å²) in [5, 5.41) is 27.7. The van der Waals surface area contributed by atoms with E-state index in [9.17, 15) is 47.4 Å². The Morgan fingerprint density at radius 2 is 1.75 bits per heavy atom. The summed E-state index contributed by atoms with van der Waals surface area (Å²) in [5.74, 6) is -4.97. The highest BCUT2D eigenvalue weighted by molar-refractivity contribution is 7.89. The molecule has 3 aliphatic rings. The largest absolute Gasteiger partial charge is 0.495 e. The van der Waals surface area contributed by atoms with Crippen LogP contribution in [0.15, 0.2) is 66.3 Å². The van der Waals surface area contributed by atoms with Crippen LogP contribution in [-0.2, 0) is 81.9 Å². The first kappa shape index (κ1) is 67.2. The highest BCUT2D eigenvalue weighted by Crippen LogP contribution is 2.49. The number of likely N-dealkylation sites (N-methyl/N-ethyl adjacent to an activating group) is 1. The minimum atomic E-state index is -4.16. The Balaban J connectivity index is 1.02. The minimum absolute atomic E-state index is 0.0188. The van der Waals surface area contributed by atoms with Gasteiger partial charge in [0.2, 0.25) is 21.8 Å². The lowest BCUT2D eigenvalue weighted by Gasteiger charge is -2.42. The number of methoxy groups -OCH3 is 2. The van der Waals surface area contributed by atoms with Gasteiger partial charge in [-0.15, -0.1) is 0 Å². The van der Waals surface area contributed by atoms with Gasteiger partial charge in [-0.1, -0.05) is 67.4 Å². The fraction of sp³-hybridized carbons (Fsp3) is 0.593. The molecule has 25 heteroatoms. The summed E-state index contributed by atoms with van der Waals surface area (Å²) < 4.78 is 70.7. The molecule has 3 aliphatic heterocycles. The van der Waals surface area contributed by atoms with Crippen molar-refractivity contribution in [3.8, 4) is 5.75 Å². The fourth-order valence-electron chi connectivity index (χ4n) is 10.5. The Kier molecular flexibility index (Phi) is 23.9. The van der Waals surface area contributed by atoms with E-state index in [1.165, 1.54) is 40.1 Å². The molecular weight excluding hydrogens is 1130 g/mol. The van der Waals surface area contributed by atoms with Crippen molar-refractivity contribution in [2.24, 2.45) is 11.8 Å². The number of ketones is 1. The monoisotopic (exact) mass is 1210 g/mol. The van der Waals surface area contributed by atoms with Gasteiger partial charge in [0.05, 0.1) is 57.5 Å². The minimum Gasteiger partial charge on any atom is -0.495 e. The van der Waals surface area contributed by atoms with Gasteiger partial charge in [-0.3, -0.25) is 29.3 Å². The first-order valence-corrected chi connectivity index (χ1v) is 30.2. The lowest BCUT2D eigenvalue weighted by Crippen LogP contribution is -2.63. The van der Waals surface area contributed by atoms with E-state index in [0.29, 0.717) is 30.9 Å². The third kappa shape index (κ3) is 17.4. The summed E-state index contributed by atoms with van der Waals surface area (Å²) in [6, 6.07) is 12.1. The second-order valence-electron chi connectivity index (χ2n) is 22.0. The first-order valence-electron chi connectivity index (χ1n) is 28.2. The van der Waals surface area contributed by atoms with Gasteiger partial charge < -0.3 is 63.1 Å². The summed E-state index contributed by atoms with van der Waals surface area (Å²) in [4.78, 5) is 83.1. The molecule has 6 rings (SSSR count). The summed E-state index contributed by atoms with van der Waals surface area (Å²) in [6.07, 6.45) is -0.297. The van der Waals surface area contributed by atoms with Crippen LogP contribution in [0.5, 0.6) is 5.75 Å². The van der Waals surface area contributed by atoms with E-state index in [1.807, 2.05) is 44.3 Å². The predicted molar refractivity (Wildman–Crippen MR) is 313 cm³/mol. The van der Waals surface area contributed by atoms with Crippen LogP contribution in [0.1, 0.15) is 84.4 Å². The molecule has 2 aromatic carbocycles. The number of hydrogen-bond acceptors (Lipinski definition) is 17. The molecule has 1 aromatic heterocycles. The number of allylic oxidation sites excluding steroid dienone is 3. The van der Waals surface area contributed by atoms with Crippen molar-refractivity contribution in [3.05, 3.63) is 82.5 Å². The molecule has 0 saturated carbocycles. The van der Waals surface area contributed by atoms with Crippen molar-refractivity contribution in [1.82, 2.24) is 24.4 Å². The fourth-order valence-corrected chi connectivity index (χ4v) is 12.0. The standard InChI is InChI=1S/C59H83ClN6O17S/c1-11-63(6)36-43-32-41-16-12-13-17-45(41)66(43)23-21-44(67)33-42(19-20-52(69)70)55(71)61-22-24-79-25-26-80-27-28-84(75,76)65(8)39(4)56(72)82-50-34-51(68)64(7)46-30-40(31-47(77-9)53(46)60)29-37(2)15-14-18-49(78-10)59(74)35-48(81-57(73)62-59)38(3)54-58(50,5)83-54/h12-18,30-32,38-39,42,48-50,54,74H,11,19-29,33-36H2,1-10H3,(H,61,71)(H,62,73)(H,69,70)/b18-14+,37-15+/t38-,39+,42-,48+,49-,50+,54+,58-,59+/m1/s1. The average molecular weight is 1220 g/mol. The number of anilines is 1. The maximum Gasteiger partial charge on any atom is 0.409 e. The number of carboxylic acid groups (broad SMARTS) is 1. The molecule has 0 radical (unpaired) electrons. The van der Waals surface area contributed by atoms with E-state index in [0.717, 1.165) is 38.6 Å². The van der Waals surface area contributed by atoms with Crippen LogP contribution in [0.3, 0.4) is 0 Å². The van der Waals surface area contributed by atoms with Crippen LogP contribution in [0.4, 0.5) is 10.5 Å². The van der Waals surface area contributed by atoms with Crippen molar-refractivity contribution in [2.45, 2.75) is 134 Å². The third-order valence-corrected chi connectivity index (χ3v) is 18.2. The van der Waals surface area contributed by atoms with Crippen molar-refractivity contribution >= 4 is 73.8 Å². The molecule has 3 aromatic rings. The number of benzene rings is 2. The molecule has 0 spiro atoms. The number of esters is 1. The molecule has 464 valence electrons. The number of epoxide rings is 1. The summed E-state index contributed by atoms with van der Waals surface area (Å²) >= 11 is 6.81. The Morgan fingerprint density at radius 3 is 2.44 bits per heavy atom. The van der Waals surface area contributed by atoms with Crippen LogP contribution in [-0.4, -0.2) is 190 Å². The van der Waals surface area contributed by atoms with E-state index in [4.69, 9.17) is 44.8 Å². The van der Waals surface area contributed by atoms with Crippen LogP contribution in [0.25, 0.3) is 10.9 Å². The molecule has 9 atom stereocenters. The number of ether oxygens (including phenoxy) is 7. The SMILES string of the molecule is CCN(C)Cc1cc2ccccc2n1CCC(=O)C[C@@H](CCC(=O)O)C(=O)NCCOCCOCCS(=O)(=O)N(C)[C@@H](C)C(=O)O[C@H]1CC(=O)N(C)c2cc(cc(OC)c2Cl)C/C(C)=C/C=C/[C@@H](OC)[C@@]2(O)C[C@H](OC(=O)N2)[C@@H](C)[C@@H]2O[C@]12C. The van der Waals surface area contributed by atoms with Crippen LogP contribution in [0.2, 0.25) is 5.02 Å². The molecule has 23 nitrogen and oxygen atoms in total. The first-order chi connectivity index (χ1) is 39.7. The topological polar surface area (TPSA) is 284 Å². The van der Waals surface area contributed by atoms with Gasteiger partial charge in [-0.2, -0.15) is 4.31 Å². The van der Waals surface area contributed by atoms with Crippen LogP contribution in [0, 0.1) is 11.8 Å². The highest BCUT2D eigenvalue weighted by atomic mass is 35.5. The molecule has 84 heavy (non-hydrogen) atoms. The third-order valence-electron chi connectivity index (χ3n) is 16.0. The van der Waals surface area contributed by atoms with Crippen molar-refractivity contribution in [3.63, 3.8) is 0 Å². The van der Waals surface area contributed by atoms with Gasteiger partial charge in [-0.25, -0.2) is 13.2 Å². The number of carbonyl (C=O) groups excluding carboxylic acids is 5. The number of amides is 3. The number of nitrogens with zero attached hydrogens (tertiary/aromatic N) is 4. The molecule has 0 aliphatic carbocycles. The number of halogens is 1. The number of aliphatic hydroxyl groups is 1. The van der Waals surface area contributed by atoms with Crippen molar-refractivity contribution < 1.29 is 80.6 Å². The molecule has 2 fully saturated rings. The second-order valence-corrected chi connectivity index (χ2v) is 24.6. The zero-order valence-electron chi connectivity index (χ0n) is 49.7. The summed E-state index contributed by atoms with van der Waals surface area (Å²) in [7, 11) is 3.43. The number of para-hydroxylation sites is 1.